The van der Waals surface area contributed by atoms with Crippen LogP contribution in [0.3, 0.4) is 0 Å². The topological polar surface area (TPSA) is 91.8 Å². The van der Waals surface area contributed by atoms with Crippen LogP contribution in [0.25, 0.3) is 0 Å². The Morgan fingerprint density at radius 2 is 2.00 bits per heavy atom. The number of hydrogen-bond donors (Lipinski definition) is 1. The van der Waals surface area contributed by atoms with E-state index < -0.39 is 32.7 Å². The molecule has 1 heterocycles. The van der Waals surface area contributed by atoms with Crippen molar-refractivity contribution in [1.82, 2.24) is 4.31 Å². The van der Waals surface area contributed by atoms with Crippen LogP contribution in [-0.2, 0) is 19.6 Å². The number of nitrogens with zero attached hydrogens (tertiary/aromatic N) is 1. The molecule has 1 aliphatic rings. The van der Waals surface area contributed by atoms with Crippen LogP contribution in [0.5, 0.6) is 0 Å². The van der Waals surface area contributed by atoms with Crippen molar-refractivity contribution in [2.45, 2.75) is 44.4 Å². The van der Waals surface area contributed by atoms with Crippen LogP contribution in [0.1, 0.15) is 33.6 Å². The predicted octanol–water partition coefficient (Wildman–Crippen LogP) is 0.190. The van der Waals surface area contributed by atoms with Gasteiger partial charge in [-0.1, -0.05) is 6.92 Å². The Kier molecular flexibility index (Phi) is 3.02. The Morgan fingerprint density at radius 3 is 2.31 bits per heavy atom. The van der Waals surface area contributed by atoms with Gasteiger partial charge in [0.1, 0.15) is 0 Å². The lowest BCUT2D eigenvalue weighted by Gasteiger charge is -2.46. The van der Waals surface area contributed by atoms with Gasteiger partial charge in [-0.15, -0.1) is 0 Å². The number of amides is 1. The van der Waals surface area contributed by atoms with Crippen molar-refractivity contribution in [2.24, 2.45) is 0 Å². The number of aliphatic carboxylic acids is 1. The van der Waals surface area contributed by atoms with Crippen LogP contribution in [0.4, 0.5) is 0 Å². The fourth-order valence-corrected chi connectivity index (χ4v) is 3.39. The van der Waals surface area contributed by atoms with Crippen LogP contribution in [-0.4, -0.2) is 40.5 Å². The van der Waals surface area contributed by atoms with Gasteiger partial charge >= 0.3 is 5.97 Å². The Balaban J connectivity index is 2.99. The molecule has 1 unspecified atom stereocenters. The SMILES string of the molecule is CCC(CC(=O)O)N1C(=O)C(C)(C)S1(=O)=O. The second kappa shape index (κ2) is 3.73. The molecule has 16 heavy (non-hydrogen) atoms. The lowest BCUT2D eigenvalue weighted by molar-refractivity contribution is -0.140. The molecule has 0 saturated carbocycles. The maximum atomic E-state index is 11.8. The second-order valence-electron chi connectivity index (χ2n) is 4.28. The minimum atomic E-state index is -3.69. The Labute approximate surface area is 94.3 Å². The summed E-state index contributed by atoms with van der Waals surface area (Å²) < 4.78 is 22.8. The van der Waals surface area contributed by atoms with E-state index in [1.54, 1.807) is 6.92 Å². The molecule has 0 aromatic carbocycles. The van der Waals surface area contributed by atoms with E-state index in [2.05, 4.69) is 0 Å². The molecule has 1 amide bonds. The number of hydrogen-bond acceptors (Lipinski definition) is 4. The molecule has 0 aliphatic carbocycles. The van der Waals surface area contributed by atoms with E-state index in [0.717, 1.165) is 0 Å². The molecule has 7 heteroatoms. The third kappa shape index (κ3) is 1.59. The number of carbonyl (C=O) groups excluding carboxylic acids is 1. The highest BCUT2D eigenvalue weighted by Crippen LogP contribution is 2.37. The van der Waals surface area contributed by atoms with Gasteiger partial charge < -0.3 is 5.11 Å². The van der Waals surface area contributed by atoms with Crippen molar-refractivity contribution in [2.75, 3.05) is 0 Å². The van der Waals surface area contributed by atoms with E-state index in [1.807, 2.05) is 0 Å². The molecule has 1 atom stereocenters. The van der Waals surface area contributed by atoms with E-state index in [1.165, 1.54) is 13.8 Å². The largest absolute Gasteiger partial charge is 0.481 e. The average molecular weight is 249 g/mol. The van der Waals surface area contributed by atoms with Crippen LogP contribution in [0, 0.1) is 0 Å². The maximum Gasteiger partial charge on any atom is 0.305 e. The third-order valence-corrected chi connectivity index (χ3v) is 5.28. The van der Waals surface area contributed by atoms with Gasteiger partial charge in [-0.3, -0.25) is 9.59 Å². The zero-order valence-corrected chi connectivity index (χ0v) is 10.2. The summed E-state index contributed by atoms with van der Waals surface area (Å²) in [6.07, 6.45) is -0.0507. The average Bonchev–Trinajstić information content (AvgIpc) is 2.15. The van der Waals surface area contributed by atoms with Gasteiger partial charge in [0.05, 0.1) is 12.5 Å². The molecule has 0 radical (unpaired) electrons. The number of rotatable bonds is 4. The van der Waals surface area contributed by atoms with Gasteiger partial charge in [0, 0.05) is 0 Å². The summed E-state index contributed by atoms with van der Waals surface area (Å²) in [4.78, 5) is 22.2. The summed E-state index contributed by atoms with van der Waals surface area (Å²) >= 11 is 0. The highest BCUT2D eigenvalue weighted by atomic mass is 32.2. The summed E-state index contributed by atoms with van der Waals surface area (Å²) in [6.45, 7) is 4.31. The number of carboxylic acid groups (broad SMARTS) is 1. The molecule has 0 aromatic heterocycles. The molecule has 0 bridgehead atoms. The minimum Gasteiger partial charge on any atom is -0.481 e. The van der Waals surface area contributed by atoms with Gasteiger partial charge in [0.25, 0.3) is 15.9 Å². The van der Waals surface area contributed by atoms with E-state index in [9.17, 15) is 18.0 Å². The van der Waals surface area contributed by atoms with Gasteiger partial charge in [-0.2, -0.15) is 0 Å². The summed E-state index contributed by atoms with van der Waals surface area (Å²) in [7, 11) is -3.69. The highest BCUT2D eigenvalue weighted by Gasteiger charge is 2.62. The van der Waals surface area contributed by atoms with E-state index in [0.29, 0.717) is 10.7 Å². The first kappa shape index (κ1) is 13.0. The van der Waals surface area contributed by atoms with Crippen molar-refractivity contribution in [3.63, 3.8) is 0 Å². The van der Waals surface area contributed by atoms with Gasteiger partial charge in [0.15, 0.2) is 4.75 Å². The fourth-order valence-electron chi connectivity index (χ4n) is 1.65. The lowest BCUT2D eigenvalue weighted by Crippen LogP contribution is -2.70. The van der Waals surface area contributed by atoms with Crippen LogP contribution in [0.15, 0.2) is 0 Å². The zero-order valence-electron chi connectivity index (χ0n) is 9.43. The molecular formula is C9H15NO5S. The Bertz CT molecular complexity index is 425. The second-order valence-corrected chi connectivity index (χ2v) is 6.64. The molecule has 0 aromatic rings. The van der Waals surface area contributed by atoms with Crippen molar-refractivity contribution < 1.29 is 23.1 Å². The fraction of sp³-hybridized carbons (Fsp3) is 0.778. The molecule has 0 spiro atoms. The van der Waals surface area contributed by atoms with Crippen molar-refractivity contribution >= 4 is 21.9 Å². The molecule has 1 N–H and O–H groups in total. The van der Waals surface area contributed by atoms with Crippen LogP contribution in [0.2, 0.25) is 0 Å². The molecule has 92 valence electrons. The Morgan fingerprint density at radius 1 is 1.50 bits per heavy atom. The van der Waals surface area contributed by atoms with Gasteiger partial charge in [-0.05, 0) is 20.3 Å². The minimum absolute atomic E-state index is 0.299. The first-order valence-electron chi connectivity index (χ1n) is 4.96. The smallest absolute Gasteiger partial charge is 0.305 e. The van der Waals surface area contributed by atoms with Gasteiger partial charge in [-0.25, -0.2) is 12.7 Å². The Hall–Kier alpha value is -1.11. The van der Waals surface area contributed by atoms with Crippen LogP contribution >= 0.6 is 0 Å². The van der Waals surface area contributed by atoms with Crippen molar-refractivity contribution in [1.29, 1.82) is 0 Å². The third-order valence-electron chi connectivity index (χ3n) is 2.83. The maximum absolute atomic E-state index is 11.8. The van der Waals surface area contributed by atoms with Crippen molar-refractivity contribution in [3.8, 4) is 0 Å². The first-order chi connectivity index (χ1) is 7.16. The lowest BCUT2D eigenvalue weighted by atomic mass is 10.1. The zero-order chi connectivity index (χ0) is 12.7. The summed E-state index contributed by atoms with van der Waals surface area (Å²) in [5, 5.41) is 8.64. The van der Waals surface area contributed by atoms with E-state index >= 15 is 0 Å². The summed E-state index contributed by atoms with van der Waals surface area (Å²) in [6, 6.07) is -0.775. The number of carboxylic acids is 1. The standard InChI is InChI=1S/C9H15NO5S/c1-4-6(5-7(11)12)10-8(13)9(2,3)16(10,14)15/h6H,4-5H2,1-3H3,(H,11,12). The van der Waals surface area contributed by atoms with Crippen LogP contribution < -0.4 is 0 Å². The molecular weight excluding hydrogens is 234 g/mol. The normalized spacial score (nSPS) is 23.7. The molecule has 6 nitrogen and oxygen atoms in total. The van der Waals surface area contributed by atoms with E-state index in [4.69, 9.17) is 5.11 Å². The molecule has 1 fully saturated rings. The quantitative estimate of drug-likeness (QED) is 0.768. The van der Waals surface area contributed by atoms with Crippen molar-refractivity contribution in [3.05, 3.63) is 0 Å². The molecule has 1 saturated heterocycles. The monoisotopic (exact) mass is 249 g/mol. The summed E-state index contributed by atoms with van der Waals surface area (Å²) in [5.74, 6) is -1.64. The highest BCUT2D eigenvalue weighted by molar-refractivity contribution is 7.94. The summed E-state index contributed by atoms with van der Waals surface area (Å²) in [5.41, 5.74) is 0. The predicted molar refractivity (Wildman–Crippen MR) is 56.2 cm³/mol. The molecule has 1 rings (SSSR count). The number of sulfonamides is 1. The molecule has 1 aliphatic heterocycles. The van der Waals surface area contributed by atoms with E-state index in [-0.39, 0.29) is 6.42 Å². The number of carbonyl (C=O) groups is 2. The van der Waals surface area contributed by atoms with Gasteiger partial charge in [0.2, 0.25) is 0 Å². The first-order valence-corrected chi connectivity index (χ1v) is 6.40.